The van der Waals surface area contributed by atoms with Gasteiger partial charge in [0, 0.05) is 29.9 Å². The summed E-state index contributed by atoms with van der Waals surface area (Å²) in [5.74, 6) is -0.451. The van der Waals surface area contributed by atoms with E-state index in [1.54, 1.807) is 30.5 Å². The van der Waals surface area contributed by atoms with E-state index in [4.69, 9.17) is 11.6 Å². The molecule has 12 heteroatoms. The first-order valence-electron chi connectivity index (χ1n) is 10.0. The highest BCUT2D eigenvalue weighted by Gasteiger charge is 2.33. The molecule has 178 valence electrons. The molecule has 0 saturated heterocycles. The van der Waals surface area contributed by atoms with Crippen molar-refractivity contribution in [3.8, 4) is 16.9 Å². The third-order valence-corrected chi connectivity index (χ3v) is 5.09. The Morgan fingerprint density at radius 3 is 2.51 bits per heavy atom. The van der Waals surface area contributed by atoms with Crippen LogP contribution in [0.3, 0.4) is 0 Å². The topological polar surface area (TPSA) is 102 Å². The van der Waals surface area contributed by atoms with Crippen LogP contribution in [-0.4, -0.2) is 31.8 Å². The van der Waals surface area contributed by atoms with Crippen LogP contribution >= 0.6 is 11.6 Å². The van der Waals surface area contributed by atoms with E-state index in [9.17, 15) is 22.8 Å². The fraction of sp³-hybridized carbons (Fsp3) is 0.0870. The number of pyridine rings is 1. The summed E-state index contributed by atoms with van der Waals surface area (Å²) in [7, 11) is 0. The molecular weight excluding hydrogens is 485 g/mol. The molecule has 0 aliphatic rings. The van der Waals surface area contributed by atoms with Crippen molar-refractivity contribution >= 4 is 34.9 Å². The SMILES string of the molecule is CC(=O)Nc1ccc(-c2cn(-c3cccc(C(=O)Nc4ccc(Cl)c(C(F)(F)F)c4)c3)nn2)cn1. The zero-order valence-corrected chi connectivity index (χ0v) is 18.7. The zero-order chi connectivity index (χ0) is 25.2. The molecule has 0 bridgehead atoms. The maximum absolute atomic E-state index is 13.1. The average Bonchev–Trinajstić information content (AvgIpc) is 3.30. The number of nitrogens with one attached hydrogen (secondary N) is 2. The lowest BCUT2D eigenvalue weighted by Gasteiger charge is -2.12. The van der Waals surface area contributed by atoms with E-state index in [1.807, 2.05) is 0 Å². The summed E-state index contributed by atoms with van der Waals surface area (Å²) in [5.41, 5.74) is 0.775. The highest BCUT2D eigenvalue weighted by molar-refractivity contribution is 6.31. The first-order chi connectivity index (χ1) is 16.6. The molecular formula is C23H16ClF3N6O2. The lowest BCUT2D eigenvalue weighted by Crippen LogP contribution is -2.14. The Labute approximate surface area is 201 Å². The van der Waals surface area contributed by atoms with Crippen LogP contribution in [-0.2, 0) is 11.0 Å². The van der Waals surface area contributed by atoms with Gasteiger partial charge in [-0.05, 0) is 48.5 Å². The minimum absolute atomic E-state index is 0.0459. The van der Waals surface area contributed by atoms with Crippen LogP contribution in [0.1, 0.15) is 22.8 Å². The number of amides is 2. The second kappa shape index (κ2) is 9.55. The third-order valence-electron chi connectivity index (χ3n) is 4.76. The number of carbonyl (C=O) groups excluding carboxylic acids is 2. The maximum atomic E-state index is 13.1. The number of nitrogens with zero attached hydrogens (tertiary/aromatic N) is 4. The van der Waals surface area contributed by atoms with Gasteiger partial charge in [-0.1, -0.05) is 22.9 Å². The summed E-state index contributed by atoms with van der Waals surface area (Å²) in [6.45, 7) is 1.38. The summed E-state index contributed by atoms with van der Waals surface area (Å²) in [4.78, 5) is 27.9. The molecule has 0 aliphatic carbocycles. The van der Waals surface area contributed by atoms with Gasteiger partial charge in [-0.3, -0.25) is 9.59 Å². The molecule has 2 amide bonds. The standard InChI is InChI=1S/C23H16ClF3N6O2/c1-13(34)29-21-8-5-15(11-28-21)20-12-33(32-31-20)17-4-2-3-14(9-17)22(35)30-16-6-7-19(24)18(10-16)23(25,26)27/h2-12H,1H3,(H,30,35)(H,28,29,34). The molecule has 8 nitrogen and oxygen atoms in total. The van der Waals surface area contributed by atoms with E-state index in [-0.39, 0.29) is 17.2 Å². The van der Waals surface area contributed by atoms with Crippen molar-refractivity contribution in [1.82, 2.24) is 20.0 Å². The second-order valence-electron chi connectivity index (χ2n) is 7.36. The Bertz CT molecular complexity index is 1400. The van der Waals surface area contributed by atoms with Crippen LogP contribution in [0.25, 0.3) is 16.9 Å². The fourth-order valence-corrected chi connectivity index (χ4v) is 3.36. The minimum atomic E-state index is -4.65. The maximum Gasteiger partial charge on any atom is 0.417 e. The van der Waals surface area contributed by atoms with Gasteiger partial charge < -0.3 is 10.6 Å². The molecule has 4 rings (SSSR count). The molecule has 35 heavy (non-hydrogen) atoms. The van der Waals surface area contributed by atoms with Crippen molar-refractivity contribution in [3.05, 3.63) is 83.1 Å². The van der Waals surface area contributed by atoms with E-state index in [1.165, 1.54) is 36.0 Å². The summed E-state index contributed by atoms with van der Waals surface area (Å²) >= 11 is 5.63. The summed E-state index contributed by atoms with van der Waals surface area (Å²) in [6, 6.07) is 12.8. The fourth-order valence-electron chi connectivity index (χ4n) is 3.14. The van der Waals surface area contributed by atoms with E-state index in [0.717, 1.165) is 12.1 Å². The van der Waals surface area contributed by atoms with Crippen LogP contribution in [0.2, 0.25) is 5.02 Å². The van der Waals surface area contributed by atoms with Gasteiger partial charge >= 0.3 is 6.18 Å². The van der Waals surface area contributed by atoms with Gasteiger partial charge in [-0.15, -0.1) is 5.10 Å². The van der Waals surface area contributed by atoms with Crippen molar-refractivity contribution < 1.29 is 22.8 Å². The third kappa shape index (κ3) is 5.64. The van der Waals surface area contributed by atoms with Gasteiger partial charge in [0.2, 0.25) is 5.91 Å². The van der Waals surface area contributed by atoms with Crippen molar-refractivity contribution in [2.45, 2.75) is 13.1 Å². The van der Waals surface area contributed by atoms with Crippen LogP contribution in [0, 0.1) is 0 Å². The van der Waals surface area contributed by atoms with E-state index in [0.29, 0.717) is 22.8 Å². The number of hydrogen-bond donors (Lipinski definition) is 2. The predicted molar refractivity (Wildman–Crippen MR) is 123 cm³/mol. The predicted octanol–water partition coefficient (Wildman–Crippen LogP) is 5.21. The van der Waals surface area contributed by atoms with E-state index >= 15 is 0 Å². The van der Waals surface area contributed by atoms with Gasteiger partial charge in [0.25, 0.3) is 5.91 Å². The first kappa shape index (κ1) is 23.9. The Morgan fingerprint density at radius 2 is 1.83 bits per heavy atom. The van der Waals surface area contributed by atoms with Crippen LogP contribution in [0.4, 0.5) is 24.7 Å². The number of alkyl halides is 3. The Balaban J connectivity index is 1.52. The Hall–Kier alpha value is -4.25. The van der Waals surface area contributed by atoms with Gasteiger partial charge in [-0.2, -0.15) is 13.2 Å². The van der Waals surface area contributed by atoms with E-state index in [2.05, 4.69) is 25.9 Å². The van der Waals surface area contributed by atoms with Gasteiger partial charge in [0.05, 0.1) is 22.5 Å². The van der Waals surface area contributed by atoms with Crippen molar-refractivity contribution in [3.63, 3.8) is 0 Å². The molecule has 0 unspecified atom stereocenters. The highest BCUT2D eigenvalue weighted by Crippen LogP contribution is 2.36. The second-order valence-corrected chi connectivity index (χ2v) is 7.77. The number of halogens is 4. The van der Waals surface area contributed by atoms with E-state index < -0.39 is 22.7 Å². The van der Waals surface area contributed by atoms with Crippen molar-refractivity contribution in [1.29, 1.82) is 0 Å². The molecule has 2 aromatic carbocycles. The Kier molecular flexibility index (Phi) is 6.52. The molecule has 0 radical (unpaired) electrons. The average molecular weight is 501 g/mol. The number of carbonyl (C=O) groups is 2. The smallest absolute Gasteiger partial charge is 0.322 e. The molecule has 0 spiro atoms. The molecule has 2 N–H and O–H groups in total. The summed E-state index contributed by atoms with van der Waals surface area (Å²) in [5, 5.41) is 12.7. The molecule has 0 saturated carbocycles. The summed E-state index contributed by atoms with van der Waals surface area (Å²) in [6.07, 6.45) is -1.49. The molecule has 2 heterocycles. The number of benzene rings is 2. The molecule has 2 aromatic heterocycles. The van der Waals surface area contributed by atoms with Crippen molar-refractivity contribution in [2.75, 3.05) is 10.6 Å². The lowest BCUT2D eigenvalue weighted by molar-refractivity contribution is -0.137. The molecule has 0 aliphatic heterocycles. The van der Waals surface area contributed by atoms with Crippen LogP contribution in [0.5, 0.6) is 0 Å². The quantitative estimate of drug-likeness (QED) is 0.391. The number of aromatic nitrogens is 4. The summed E-state index contributed by atoms with van der Waals surface area (Å²) < 4.78 is 40.7. The van der Waals surface area contributed by atoms with Crippen LogP contribution in [0.15, 0.2) is 67.0 Å². The molecule has 0 atom stereocenters. The monoisotopic (exact) mass is 500 g/mol. The lowest BCUT2D eigenvalue weighted by atomic mass is 10.1. The normalized spacial score (nSPS) is 11.2. The molecule has 0 fully saturated rings. The van der Waals surface area contributed by atoms with Gasteiger partial charge in [0.15, 0.2) is 0 Å². The van der Waals surface area contributed by atoms with Crippen molar-refractivity contribution in [2.24, 2.45) is 0 Å². The highest BCUT2D eigenvalue weighted by atomic mass is 35.5. The number of hydrogen-bond acceptors (Lipinski definition) is 5. The zero-order valence-electron chi connectivity index (χ0n) is 18.0. The van der Waals surface area contributed by atoms with Crippen LogP contribution < -0.4 is 10.6 Å². The Morgan fingerprint density at radius 1 is 1.03 bits per heavy atom. The van der Waals surface area contributed by atoms with Gasteiger partial charge in [0.1, 0.15) is 11.5 Å². The first-order valence-corrected chi connectivity index (χ1v) is 10.4. The van der Waals surface area contributed by atoms with Gasteiger partial charge in [-0.25, -0.2) is 9.67 Å². The molecule has 4 aromatic rings. The number of anilines is 2. The number of rotatable bonds is 5. The largest absolute Gasteiger partial charge is 0.417 e. The minimum Gasteiger partial charge on any atom is -0.322 e.